The monoisotopic (exact) mass is 521 g/mol. The molecular formula is C26H17F6NS2. The predicted molar refractivity (Wildman–Crippen MR) is 128 cm³/mol. The number of aromatic nitrogens is 1. The zero-order valence-electron chi connectivity index (χ0n) is 18.4. The van der Waals surface area contributed by atoms with Crippen molar-refractivity contribution >= 4 is 33.8 Å². The Labute approximate surface area is 205 Å². The molecule has 0 bridgehead atoms. The Balaban J connectivity index is 1.78. The molecule has 2 heterocycles. The molecule has 9 heteroatoms. The standard InChI is InChI=1S/C26H17F6NS2/c1-14-13-18(16-9-5-3-6-10-16)34-21(14)19-20(25(29,30)26(31,32)24(19,27)28)22-15(2)33-23(35-22)17-11-7-4-8-12-17/h3-13H,1-2H3. The van der Waals surface area contributed by atoms with Gasteiger partial charge in [-0.05, 0) is 31.0 Å². The van der Waals surface area contributed by atoms with Gasteiger partial charge in [-0.2, -0.15) is 26.3 Å². The van der Waals surface area contributed by atoms with Crippen molar-refractivity contribution in [1.82, 2.24) is 4.98 Å². The molecule has 4 aromatic rings. The predicted octanol–water partition coefficient (Wildman–Crippen LogP) is 8.99. The lowest BCUT2D eigenvalue weighted by atomic mass is 10.0. The topological polar surface area (TPSA) is 12.9 Å². The fraction of sp³-hybridized carbons (Fsp3) is 0.192. The highest BCUT2D eigenvalue weighted by Crippen LogP contribution is 2.66. The van der Waals surface area contributed by atoms with Crippen LogP contribution in [-0.4, -0.2) is 22.8 Å². The summed E-state index contributed by atoms with van der Waals surface area (Å²) < 4.78 is 90.5. The van der Waals surface area contributed by atoms with Crippen LogP contribution in [0.5, 0.6) is 0 Å². The third kappa shape index (κ3) is 3.47. The van der Waals surface area contributed by atoms with Crippen LogP contribution in [0.1, 0.15) is 21.0 Å². The number of benzene rings is 2. The number of thiophene rings is 1. The Kier molecular flexibility index (Phi) is 5.49. The van der Waals surface area contributed by atoms with Gasteiger partial charge in [-0.3, -0.25) is 0 Å². The summed E-state index contributed by atoms with van der Waals surface area (Å²) in [5, 5.41) is 0.284. The number of aryl methyl sites for hydroxylation is 2. The van der Waals surface area contributed by atoms with Gasteiger partial charge >= 0.3 is 17.8 Å². The van der Waals surface area contributed by atoms with E-state index in [0.717, 1.165) is 11.3 Å². The Morgan fingerprint density at radius 1 is 0.657 bits per heavy atom. The first kappa shape index (κ1) is 23.8. The lowest BCUT2D eigenvalue weighted by molar-refractivity contribution is -0.254. The summed E-state index contributed by atoms with van der Waals surface area (Å²) in [5.74, 6) is -15.8. The third-order valence-electron chi connectivity index (χ3n) is 5.91. The molecule has 5 rings (SSSR count). The van der Waals surface area contributed by atoms with E-state index in [-0.39, 0.29) is 26.0 Å². The normalized spacial score (nSPS) is 18.3. The van der Waals surface area contributed by atoms with Gasteiger partial charge < -0.3 is 0 Å². The molecule has 0 radical (unpaired) electrons. The molecule has 0 amide bonds. The number of alkyl halides is 6. The van der Waals surface area contributed by atoms with Gasteiger partial charge in [0.25, 0.3) is 0 Å². The maximum atomic E-state index is 15.3. The molecule has 1 aliphatic rings. The Morgan fingerprint density at radius 2 is 1.17 bits per heavy atom. The maximum Gasteiger partial charge on any atom is 0.380 e. The number of halogens is 6. The second-order valence-electron chi connectivity index (χ2n) is 8.26. The second kappa shape index (κ2) is 8.06. The van der Waals surface area contributed by atoms with Gasteiger partial charge in [0.2, 0.25) is 0 Å². The summed E-state index contributed by atoms with van der Waals surface area (Å²) in [6, 6.07) is 18.8. The van der Waals surface area contributed by atoms with Gasteiger partial charge in [0.05, 0.1) is 21.7 Å². The zero-order valence-corrected chi connectivity index (χ0v) is 20.0. The summed E-state index contributed by atoms with van der Waals surface area (Å²) >= 11 is 1.51. The number of allylic oxidation sites excluding steroid dienone is 2. The SMILES string of the molecule is Cc1cc(-c2ccccc2)sc1C1=C(c2sc(-c3ccccc3)nc2C)C(F)(F)C(F)(F)C1(F)F. The van der Waals surface area contributed by atoms with Gasteiger partial charge in [-0.1, -0.05) is 60.7 Å². The van der Waals surface area contributed by atoms with Crippen molar-refractivity contribution in [1.29, 1.82) is 0 Å². The molecule has 0 spiro atoms. The highest BCUT2D eigenvalue weighted by molar-refractivity contribution is 7.17. The molecule has 0 aliphatic heterocycles. The summed E-state index contributed by atoms with van der Waals surface area (Å²) in [4.78, 5) is 4.12. The van der Waals surface area contributed by atoms with Crippen molar-refractivity contribution in [3.8, 4) is 21.0 Å². The number of thiazole rings is 1. The van der Waals surface area contributed by atoms with Gasteiger partial charge in [0, 0.05) is 15.3 Å². The number of rotatable bonds is 4. The van der Waals surface area contributed by atoms with Crippen molar-refractivity contribution in [2.75, 3.05) is 0 Å². The molecule has 0 atom stereocenters. The van der Waals surface area contributed by atoms with Crippen LogP contribution in [0, 0.1) is 13.8 Å². The van der Waals surface area contributed by atoms with Crippen LogP contribution >= 0.6 is 22.7 Å². The minimum atomic E-state index is -5.60. The molecule has 35 heavy (non-hydrogen) atoms. The molecule has 1 aliphatic carbocycles. The van der Waals surface area contributed by atoms with E-state index in [1.807, 2.05) is 0 Å². The first-order valence-corrected chi connectivity index (χ1v) is 12.2. The Bertz CT molecular complexity index is 1330. The number of hydrogen-bond donors (Lipinski definition) is 0. The third-order valence-corrected chi connectivity index (χ3v) is 8.44. The van der Waals surface area contributed by atoms with E-state index in [0.29, 0.717) is 27.3 Å². The van der Waals surface area contributed by atoms with Crippen LogP contribution in [0.2, 0.25) is 0 Å². The smallest absolute Gasteiger partial charge is 0.241 e. The van der Waals surface area contributed by atoms with Crippen LogP contribution in [0.3, 0.4) is 0 Å². The van der Waals surface area contributed by atoms with Crippen molar-refractivity contribution in [3.05, 3.63) is 87.7 Å². The van der Waals surface area contributed by atoms with E-state index in [9.17, 15) is 8.78 Å². The highest BCUT2D eigenvalue weighted by Gasteiger charge is 2.80. The van der Waals surface area contributed by atoms with Gasteiger partial charge in [0.1, 0.15) is 5.01 Å². The van der Waals surface area contributed by atoms with E-state index in [2.05, 4.69) is 4.98 Å². The van der Waals surface area contributed by atoms with Crippen LogP contribution in [0.15, 0.2) is 66.7 Å². The molecule has 0 saturated carbocycles. The molecule has 0 N–H and O–H groups in total. The largest absolute Gasteiger partial charge is 0.380 e. The average molecular weight is 522 g/mol. The minimum Gasteiger partial charge on any atom is -0.241 e. The fourth-order valence-corrected chi connectivity index (χ4v) is 6.56. The van der Waals surface area contributed by atoms with E-state index in [4.69, 9.17) is 0 Å². The average Bonchev–Trinajstić information content (AvgIpc) is 3.42. The first-order chi connectivity index (χ1) is 16.5. The van der Waals surface area contributed by atoms with Crippen LogP contribution in [0.25, 0.3) is 32.2 Å². The fourth-order valence-electron chi connectivity index (χ4n) is 4.14. The highest BCUT2D eigenvalue weighted by atomic mass is 32.1. The van der Waals surface area contributed by atoms with Crippen molar-refractivity contribution in [3.63, 3.8) is 0 Å². The zero-order chi connectivity index (χ0) is 25.2. The van der Waals surface area contributed by atoms with Gasteiger partial charge in [-0.25, -0.2) is 4.98 Å². The molecule has 0 saturated heterocycles. The van der Waals surface area contributed by atoms with Gasteiger partial charge in [-0.15, -0.1) is 22.7 Å². The van der Waals surface area contributed by atoms with E-state index < -0.39 is 28.9 Å². The van der Waals surface area contributed by atoms with Crippen molar-refractivity contribution < 1.29 is 26.3 Å². The number of hydrogen-bond acceptors (Lipinski definition) is 3. The lowest BCUT2D eigenvalue weighted by Gasteiger charge is -2.25. The summed E-state index contributed by atoms with van der Waals surface area (Å²) in [6.07, 6.45) is 0. The first-order valence-electron chi connectivity index (χ1n) is 10.5. The van der Waals surface area contributed by atoms with Crippen LogP contribution in [0.4, 0.5) is 26.3 Å². The Morgan fingerprint density at radius 3 is 1.74 bits per heavy atom. The van der Waals surface area contributed by atoms with E-state index >= 15 is 17.6 Å². The second-order valence-corrected chi connectivity index (χ2v) is 10.3. The van der Waals surface area contributed by atoms with Crippen molar-refractivity contribution in [2.24, 2.45) is 0 Å². The maximum absolute atomic E-state index is 15.3. The summed E-state index contributed by atoms with van der Waals surface area (Å²) in [5.41, 5.74) is -1.22. The van der Waals surface area contributed by atoms with Crippen LogP contribution in [-0.2, 0) is 0 Å². The molecule has 0 unspecified atom stereocenters. The molecule has 1 nitrogen and oxygen atoms in total. The molecular weight excluding hydrogens is 504 g/mol. The lowest BCUT2D eigenvalue weighted by Crippen LogP contribution is -2.48. The quantitative estimate of drug-likeness (QED) is 0.244. The molecule has 180 valence electrons. The van der Waals surface area contributed by atoms with Gasteiger partial charge in [0.15, 0.2) is 0 Å². The summed E-state index contributed by atoms with van der Waals surface area (Å²) in [6.45, 7) is 2.83. The molecule has 2 aromatic carbocycles. The molecule has 2 aromatic heterocycles. The molecule has 0 fully saturated rings. The number of nitrogens with zero attached hydrogens (tertiary/aromatic N) is 1. The van der Waals surface area contributed by atoms with Crippen LogP contribution < -0.4 is 0 Å². The minimum absolute atomic E-state index is 0.00739. The summed E-state index contributed by atoms with van der Waals surface area (Å²) in [7, 11) is 0. The van der Waals surface area contributed by atoms with E-state index in [1.54, 1.807) is 66.7 Å². The van der Waals surface area contributed by atoms with Crippen molar-refractivity contribution in [2.45, 2.75) is 31.6 Å². The Hall–Kier alpha value is -2.91. The van der Waals surface area contributed by atoms with E-state index in [1.165, 1.54) is 13.8 Å².